The number of nitrogens with two attached hydrogens (primary N) is 1. The van der Waals surface area contributed by atoms with Gasteiger partial charge in [0.25, 0.3) is 5.91 Å². The van der Waals surface area contributed by atoms with Crippen molar-refractivity contribution >= 4 is 23.3 Å². The molecule has 2 aromatic carbocycles. The molecule has 0 radical (unpaired) electrons. The van der Waals surface area contributed by atoms with Crippen molar-refractivity contribution in [3.05, 3.63) is 76.4 Å². The third kappa shape index (κ3) is 5.23. The van der Waals surface area contributed by atoms with Crippen molar-refractivity contribution in [1.82, 2.24) is 15.2 Å². The fraction of sp³-hybridized carbons (Fsp3) is 0.308. The highest BCUT2D eigenvalue weighted by Gasteiger charge is 2.27. The number of hydrogen-bond acceptors (Lipinski definition) is 5. The van der Waals surface area contributed by atoms with E-state index in [9.17, 15) is 13.6 Å². The van der Waals surface area contributed by atoms with Gasteiger partial charge < -0.3 is 20.7 Å². The summed E-state index contributed by atoms with van der Waals surface area (Å²) in [6, 6.07) is 11.1. The van der Waals surface area contributed by atoms with E-state index in [0.717, 1.165) is 24.2 Å². The number of nitrogens with zero attached hydrogens (tertiary/aromatic N) is 2. The highest BCUT2D eigenvalue weighted by molar-refractivity contribution is 6.31. The second-order valence-electron chi connectivity index (χ2n) is 8.82. The number of benzene rings is 2. The Morgan fingerprint density at radius 3 is 2.71 bits per heavy atom. The molecule has 0 saturated carbocycles. The van der Waals surface area contributed by atoms with Crippen LogP contribution in [0.4, 0.5) is 14.6 Å². The molecular weight excluding hydrogens is 474 g/mol. The van der Waals surface area contributed by atoms with Crippen molar-refractivity contribution in [3.8, 4) is 16.9 Å². The van der Waals surface area contributed by atoms with Crippen LogP contribution < -0.4 is 15.8 Å². The summed E-state index contributed by atoms with van der Waals surface area (Å²) in [5.41, 5.74) is 7.85. The standard InChI is InChI=1S/C26H27ClF2N4O2/c1-14-13-33(15(2)11-31-14)26(34)18-6-4-5-17(9-18)19-10-22(25(30)32-12-19)35-16(3)23-20(28)7-8-21(29)24(23)27/h4-10,12,14-16,31H,11,13H2,1-3H3,(H2,30,32). The lowest BCUT2D eigenvalue weighted by Crippen LogP contribution is -2.56. The molecule has 35 heavy (non-hydrogen) atoms. The minimum atomic E-state index is -0.929. The van der Waals surface area contributed by atoms with Gasteiger partial charge in [0.1, 0.15) is 17.7 Å². The lowest BCUT2D eigenvalue weighted by Gasteiger charge is -2.37. The number of nitrogen functional groups attached to an aromatic ring is 1. The number of carbonyl (C=O) groups excluding carboxylic acids is 1. The van der Waals surface area contributed by atoms with E-state index in [1.54, 1.807) is 37.4 Å². The average Bonchev–Trinajstić information content (AvgIpc) is 2.84. The minimum Gasteiger partial charge on any atom is -0.482 e. The largest absolute Gasteiger partial charge is 0.482 e. The van der Waals surface area contributed by atoms with Gasteiger partial charge in [0.15, 0.2) is 11.6 Å². The van der Waals surface area contributed by atoms with Crippen LogP contribution in [-0.4, -0.2) is 41.0 Å². The molecule has 3 unspecified atom stereocenters. The maximum absolute atomic E-state index is 14.3. The molecule has 6 nitrogen and oxygen atoms in total. The lowest BCUT2D eigenvalue weighted by molar-refractivity contribution is 0.0616. The monoisotopic (exact) mass is 500 g/mol. The van der Waals surface area contributed by atoms with Gasteiger partial charge in [-0.25, -0.2) is 13.8 Å². The summed E-state index contributed by atoms with van der Waals surface area (Å²) in [7, 11) is 0. The first-order valence-corrected chi connectivity index (χ1v) is 11.7. The van der Waals surface area contributed by atoms with Gasteiger partial charge in [0.2, 0.25) is 0 Å². The van der Waals surface area contributed by atoms with Crippen molar-refractivity contribution in [2.75, 3.05) is 18.8 Å². The number of amides is 1. The summed E-state index contributed by atoms with van der Waals surface area (Å²) < 4.78 is 34.1. The van der Waals surface area contributed by atoms with Crippen LogP contribution in [0.15, 0.2) is 48.7 Å². The van der Waals surface area contributed by atoms with E-state index in [4.69, 9.17) is 22.1 Å². The van der Waals surface area contributed by atoms with E-state index in [-0.39, 0.29) is 40.1 Å². The van der Waals surface area contributed by atoms with E-state index in [1.165, 1.54) is 0 Å². The van der Waals surface area contributed by atoms with Gasteiger partial charge >= 0.3 is 0 Å². The SMILES string of the molecule is CC1CN(C(=O)c2cccc(-c3cnc(N)c(OC(C)c4c(F)ccc(F)c4Cl)c3)c2)C(C)CN1. The van der Waals surface area contributed by atoms with Gasteiger partial charge in [-0.1, -0.05) is 23.7 Å². The average molecular weight is 501 g/mol. The normalized spacial score (nSPS) is 18.9. The number of hydrogen-bond donors (Lipinski definition) is 2. The second kappa shape index (κ2) is 10.2. The van der Waals surface area contributed by atoms with Crippen LogP contribution in [0, 0.1) is 11.6 Å². The maximum Gasteiger partial charge on any atom is 0.254 e. The van der Waals surface area contributed by atoms with Crippen molar-refractivity contribution in [2.45, 2.75) is 39.0 Å². The van der Waals surface area contributed by atoms with Crippen molar-refractivity contribution in [2.24, 2.45) is 0 Å². The maximum atomic E-state index is 14.3. The second-order valence-corrected chi connectivity index (χ2v) is 9.20. The number of ether oxygens (including phenoxy) is 1. The smallest absolute Gasteiger partial charge is 0.254 e. The molecule has 0 bridgehead atoms. The highest BCUT2D eigenvalue weighted by atomic mass is 35.5. The molecule has 1 aliphatic rings. The molecule has 3 atom stereocenters. The van der Waals surface area contributed by atoms with Gasteiger partial charge in [-0.2, -0.15) is 0 Å². The Balaban J connectivity index is 1.61. The molecule has 1 saturated heterocycles. The molecule has 2 heterocycles. The molecule has 9 heteroatoms. The summed E-state index contributed by atoms with van der Waals surface area (Å²) in [4.78, 5) is 19.3. The number of anilines is 1. The third-order valence-corrected chi connectivity index (χ3v) is 6.52. The molecular formula is C26H27ClF2N4O2. The Kier molecular flexibility index (Phi) is 7.23. The number of pyridine rings is 1. The summed E-state index contributed by atoms with van der Waals surface area (Å²) >= 11 is 5.98. The Labute approximate surface area is 208 Å². The van der Waals surface area contributed by atoms with Crippen molar-refractivity contribution in [1.29, 1.82) is 0 Å². The van der Waals surface area contributed by atoms with E-state index in [1.807, 2.05) is 24.8 Å². The van der Waals surface area contributed by atoms with Gasteiger partial charge in [-0.3, -0.25) is 4.79 Å². The fourth-order valence-electron chi connectivity index (χ4n) is 4.17. The molecule has 3 aromatic rings. The van der Waals surface area contributed by atoms with Crippen molar-refractivity contribution in [3.63, 3.8) is 0 Å². The summed E-state index contributed by atoms with van der Waals surface area (Å²) in [5, 5.41) is 3.03. The van der Waals surface area contributed by atoms with Crippen LogP contribution in [0.3, 0.4) is 0 Å². The van der Waals surface area contributed by atoms with E-state index in [0.29, 0.717) is 17.7 Å². The van der Waals surface area contributed by atoms with E-state index in [2.05, 4.69) is 10.3 Å². The van der Waals surface area contributed by atoms with Crippen LogP contribution in [-0.2, 0) is 0 Å². The minimum absolute atomic E-state index is 0.0441. The number of carbonyl (C=O) groups is 1. The number of aromatic nitrogens is 1. The van der Waals surface area contributed by atoms with Crippen LogP contribution in [0.25, 0.3) is 11.1 Å². The zero-order valence-corrected chi connectivity index (χ0v) is 20.4. The highest BCUT2D eigenvalue weighted by Crippen LogP contribution is 2.35. The first-order valence-electron chi connectivity index (χ1n) is 11.4. The lowest BCUT2D eigenvalue weighted by atomic mass is 10.0. The number of nitrogens with one attached hydrogen (secondary N) is 1. The Bertz CT molecular complexity index is 1260. The zero-order valence-electron chi connectivity index (χ0n) is 19.7. The first kappa shape index (κ1) is 24.9. The predicted octanol–water partition coefficient (Wildman–Crippen LogP) is 5.22. The van der Waals surface area contributed by atoms with Gasteiger partial charge in [-0.15, -0.1) is 0 Å². The molecule has 1 fully saturated rings. The van der Waals surface area contributed by atoms with Gasteiger partial charge in [0.05, 0.1) is 5.02 Å². The van der Waals surface area contributed by atoms with Crippen LogP contribution >= 0.6 is 11.6 Å². The Hall–Kier alpha value is -3.23. The first-order chi connectivity index (χ1) is 16.7. The quantitative estimate of drug-likeness (QED) is 0.469. The van der Waals surface area contributed by atoms with Crippen LogP contribution in [0.5, 0.6) is 5.75 Å². The third-order valence-electron chi connectivity index (χ3n) is 6.14. The molecule has 1 aliphatic heterocycles. The summed E-state index contributed by atoms with van der Waals surface area (Å²) in [5.74, 6) is -1.19. The number of piperazine rings is 1. The molecule has 1 amide bonds. The molecule has 3 N–H and O–H groups in total. The molecule has 1 aromatic heterocycles. The molecule has 0 spiro atoms. The predicted molar refractivity (Wildman–Crippen MR) is 132 cm³/mol. The fourth-order valence-corrected chi connectivity index (χ4v) is 4.48. The molecule has 4 rings (SSSR count). The van der Waals surface area contributed by atoms with Gasteiger partial charge in [0, 0.05) is 48.1 Å². The van der Waals surface area contributed by atoms with Gasteiger partial charge in [-0.05, 0) is 56.7 Å². The topological polar surface area (TPSA) is 80.5 Å². The number of halogens is 3. The Morgan fingerprint density at radius 1 is 1.20 bits per heavy atom. The zero-order chi connectivity index (χ0) is 25.3. The van der Waals surface area contributed by atoms with Crippen LogP contribution in [0.2, 0.25) is 5.02 Å². The summed E-state index contributed by atoms with van der Waals surface area (Å²) in [6.45, 7) is 6.98. The van der Waals surface area contributed by atoms with Crippen molar-refractivity contribution < 1.29 is 18.3 Å². The van der Waals surface area contributed by atoms with Crippen LogP contribution in [0.1, 0.15) is 42.8 Å². The summed E-state index contributed by atoms with van der Waals surface area (Å²) in [6.07, 6.45) is 0.642. The molecule has 0 aliphatic carbocycles. The van der Waals surface area contributed by atoms with E-state index >= 15 is 0 Å². The molecule has 184 valence electrons. The Morgan fingerprint density at radius 2 is 1.94 bits per heavy atom. The number of rotatable bonds is 5. The van der Waals surface area contributed by atoms with E-state index < -0.39 is 17.7 Å².